The molecule has 1 atom stereocenters. The van der Waals surface area contributed by atoms with Gasteiger partial charge in [-0.15, -0.1) is 0 Å². The van der Waals surface area contributed by atoms with E-state index < -0.39 is 17.7 Å². The van der Waals surface area contributed by atoms with Crippen molar-refractivity contribution in [3.63, 3.8) is 0 Å². The third-order valence-electron chi connectivity index (χ3n) is 1.92. The van der Waals surface area contributed by atoms with Crippen molar-refractivity contribution < 1.29 is 13.6 Å². The molecular weight excluding hydrogens is 154 g/mol. The number of hydrogen-bond donors (Lipinski definition) is 2. The van der Waals surface area contributed by atoms with Crippen LogP contribution in [0.25, 0.3) is 0 Å². The van der Waals surface area contributed by atoms with Crippen LogP contribution in [0.2, 0.25) is 0 Å². The first-order valence-corrected chi connectivity index (χ1v) is 3.43. The first-order valence-electron chi connectivity index (χ1n) is 3.43. The number of hydrazine groups is 1. The summed E-state index contributed by atoms with van der Waals surface area (Å²) in [5.41, 5.74) is 1.87. The topological polar surface area (TPSA) is 55.1 Å². The van der Waals surface area contributed by atoms with Crippen LogP contribution in [-0.4, -0.2) is 11.8 Å². The van der Waals surface area contributed by atoms with E-state index in [9.17, 15) is 13.6 Å². The Morgan fingerprint density at radius 2 is 2.27 bits per heavy atom. The van der Waals surface area contributed by atoms with Gasteiger partial charge in [0.15, 0.2) is 0 Å². The minimum absolute atomic E-state index is 0.203. The molecule has 1 amide bonds. The molecule has 0 spiro atoms. The molecule has 1 saturated carbocycles. The fourth-order valence-corrected chi connectivity index (χ4v) is 1.29. The van der Waals surface area contributed by atoms with Crippen molar-refractivity contribution in [3.05, 3.63) is 0 Å². The summed E-state index contributed by atoms with van der Waals surface area (Å²) in [5.74, 6) is 1.04. The second kappa shape index (κ2) is 2.73. The van der Waals surface area contributed by atoms with Gasteiger partial charge in [-0.05, 0) is 6.42 Å². The lowest BCUT2D eigenvalue weighted by Gasteiger charge is -2.07. The van der Waals surface area contributed by atoms with Gasteiger partial charge >= 0.3 is 0 Å². The van der Waals surface area contributed by atoms with Crippen LogP contribution < -0.4 is 11.3 Å². The second-order valence-electron chi connectivity index (χ2n) is 2.80. The summed E-state index contributed by atoms with van der Waals surface area (Å²) in [7, 11) is 0. The summed E-state index contributed by atoms with van der Waals surface area (Å²) in [5, 5.41) is 0. The molecule has 0 radical (unpaired) electrons. The Morgan fingerprint density at radius 1 is 1.64 bits per heavy atom. The average molecular weight is 164 g/mol. The van der Waals surface area contributed by atoms with Crippen molar-refractivity contribution in [3.8, 4) is 0 Å². The first kappa shape index (κ1) is 8.39. The molecule has 11 heavy (non-hydrogen) atoms. The minimum atomic E-state index is -2.67. The Bertz CT molecular complexity index is 172. The number of hydrogen-bond acceptors (Lipinski definition) is 2. The molecule has 0 saturated heterocycles. The van der Waals surface area contributed by atoms with Gasteiger partial charge in [0.1, 0.15) is 0 Å². The number of nitrogens with two attached hydrogens (primary N) is 1. The van der Waals surface area contributed by atoms with Crippen molar-refractivity contribution in [1.29, 1.82) is 0 Å². The van der Waals surface area contributed by atoms with Gasteiger partial charge in [-0.25, -0.2) is 14.6 Å². The fourth-order valence-electron chi connectivity index (χ4n) is 1.29. The lowest BCUT2D eigenvalue weighted by molar-refractivity contribution is -0.125. The molecule has 0 heterocycles. The number of alkyl halides is 2. The minimum Gasteiger partial charge on any atom is -0.294 e. The van der Waals surface area contributed by atoms with E-state index >= 15 is 0 Å². The van der Waals surface area contributed by atoms with Crippen LogP contribution in [0.15, 0.2) is 0 Å². The Morgan fingerprint density at radius 3 is 2.64 bits per heavy atom. The van der Waals surface area contributed by atoms with Crippen LogP contribution in [0, 0.1) is 5.92 Å². The highest BCUT2D eigenvalue weighted by Crippen LogP contribution is 2.38. The number of amides is 1. The lowest BCUT2D eigenvalue weighted by atomic mass is 10.1. The molecule has 5 heteroatoms. The van der Waals surface area contributed by atoms with Gasteiger partial charge in [0.05, 0.1) is 0 Å². The molecule has 3 N–H and O–H groups in total. The normalized spacial score (nSPS) is 28.5. The highest BCUT2D eigenvalue weighted by atomic mass is 19.3. The maximum Gasteiger partial charge on any atom is 0.248 e. The van der Waals surface area contributed by atoms with Gasteiger partial charge in [-0.3, -0.25) is 10.2 Å². The molecule has 0 bridgehead atoms. The van der Waals surface area contributed by atoms with Crippen LogP contribution in [-0.2, 0) is 4.79 Å². The number of nitrogens with one attached hydrogen (secondary N) is 1. The fraction of sp³-hybridized carbons (Fsp3) is 0.833. The third kappa shape index (κ3) is 1.86. The van der Waals surface area contributed by atoms with Crippen LogP contribution in [0.1, 0.15) is 19.3 Å². The van der Waals surface area contributed by atoms with E-state index in [0.717, 1.165) is 0 Å². The van der Waals surface area contributed by atoms with E-state index in [-0.39, 0.29) is 19.3 Å². The number of carbonyl (C=O) groups is 1. The molecule has 0 aromatic carbocycles. The zero-order valence-electron chi connectivity index (χ0n) is 5.94. The van der Waals surface area contributed by atoms with Crippen LogP contribution in [0.3, 0.4) is 0 Å². The largest absolute Gasteiger partial charge is 0.294 e. The summed E-state index contributed by atoms with van der Waals surface area (Å²) >= 11 is 0. The molecule has 0 aromatic heterocycles. The number of carbonyl (C=O) groups excluding carboxylic acids is 1. The van der Waals surface area contributed by atoms with E-state index in [1.807, 2.05) is 5.43 Å². The first-order chi connectivity index (χ1) is 5.05. The predicted molar refractivity (Wildman–Crippen MR) is 34.6 cm³/mol. The molecular formula is C6H10F2N2O. The van der Waals surface area contributed by atoms with Crippen molar-refractivity contribution in [2.45, 2.75) is 25.2 Å². The summed E-state index contributed by atoms with van der Waals surface area (Å²) in [6.45, 7) is 0. The van der Waals surface area contributed by atoms with E-state index in [0.29, 0.717) is 0 Å². The van der Waals surface area contributed by atoms with Crippen molar-refractivity contribution in [2.75, 3.05) is 0 Å². The van der Waals surface area contributed by atoms with Crippen molar-refractivity contribution in [2.24, 2.45) is 11.8 Å². The van der Waals surface area contributed by atoms with Crippen LogP contribution in [0.4, 0.5) is 8.78 Å². The molecule has 0 aromatic rings. The number of rotatable bonds is 1. The van der Waals surface area contributed by atoms with E-state index in [1.165, 1.54) is 0 Å². The second-order valence-corrected chi connectivity index (χ2v) is 2.80. The smallest absolute Gasteiger partial charge is 0.248 e. The third-order valence-corrected chi connectivity index (χ3v) is 1.92. The SMILES string of the molecule is NNC(=O)C1CCC(F)(F)C1. The van der Waals surface area contributed by atoms with E-state index in [1.54, 1.807) is 0 Å². The molecule has 1 unspecified atom stereocenters. The number of halogens is 2. The van der Waals surface area contributed by atoms with Gasteiger partial charge in [0.2, 0.25) is 11.8 Å². The van der Waals surface area contributed by atoms with E-state index in [2.05, 4.69) is 0 Å². The van der Waals surface area contributed by atoms with Gasteiger partial charge in [0, 0.05) is 18.8 Å². The average Bonchev–Trinajstić information content (AvgIpc) is 2.29. The summed E-state index contributed by atoms with van der Waals surface area (Å²) in [6, 6.07) is 0. The standard InChI is InChI=1S/C6H10F2N2O/c7-6(8)2-1-4(3-6)5(11)10-9/h4H,1-3,9H2,(H,10,11). The maximum absolute atomic E-state index is 12.5. The van der Waals surface area contributed by atoms with Crippen LogP contribution in [0.5, 0.6) is 0 Å². The van der Waals surface area contributed by atoms with Crippen molar-refractivity contribution >= 4 is 5.91 Å². The lowest BCUT2D eigenvalue weighted by Crippen LogP contribution is -2.35. The molecule has 0 aliphatic heterocycles. The quantitative estimate of drug-likeness (QED) is 0.335. The Hall–Kier alpha value is -0.710. The predicted octanol–water partition coefficient (Wildman–Crippen LogP) is 0.412. The highest BCUT2D eigenvalue weighted by Gasteiger charge is 2.42. The zero-order chi connectivity index (χ0) is 8.48. The van der Waals surface area contributed by atoms with Crippen LogP contribution >= 0.6 is 0 Å². The summed E-state index contributed by atoms with van der Waals surface area (Å²) < 4.78 is 24.9. The monoisotopic (exact) mass is 164 g/mol. The summed E-state index contributed by atoms with van der Waals surface area (Å²) in [4.78, 5) is 10.7. The molecule has 64 valence electrons. The molecule has 1 rings (SSSR count). The molecule has 3 nitrogen and oxygen atoms in total. The van der Waals surface area contributed by atoms with Gasteiger partial charge in [-0.1, -0.05) is 0 Å². The Kier molecular flexibility index (Phi) is 2.08. The molecule has 1 aliphatic carbocycles. The Balaban J connectivity index is 2.48. The van der Waals surface area contributed by atoms with Gasteiger partial charge < -0.3 is 0 Å². The summed E-state index contributed by atoms with van der Waals surface area (Å²) in [6.07, 6.45) is -0.336. The van der Waals surface area contributed by atoms with Gasteiger partial charge in [-0.2, -0.15) is 0 Å². The van der Waals surface area contributed by atoms with Gasteiger partial charge in [0.25, 0.3) is 0 Å². The van der Waals surface area contributed by atoms with E-state index in [4.69, 9.17) is 5.84 Å². The molecule has 1 aliphatic rings. The maximum atomic E-state index is 12.5. The highest BCUT2D eigenvalue weighted by molar-refractivity contribution is 5.78. The zero-order valence-corrected chi connectivity index (χ0v) is 5.94. The Labute approximate surface area is 62.9 Å². The van der Waals surface area contributed by atoms with Crippen molar-refractivity contribution in [1.82, 2.24) is 5.43 Å². The molecule has 1 fully saturated rings.